The summed E-state index contributed by atoms with van der Waals surface area (Å²) in [5.41, 5.74) is 0. The fraction of sp³-hybridized carbons (Fsp3) is 0.714. The minimum Gasteiger partial charge on any atom is -0.477 e. The maximum atomic E-state index is 5.85. The van der Waals surface area contributed by atoms with Gasteiger partial charge in [0.05, 0.1) is 6.61 Å². The van der Waals surface area contributed by atoms with E-state index in [1.54, 1.807) is 0 Å². The summed E-state index contributed by atoms with van der Waals surface area (Å²) in [7, 11) is 0. The molecule has 20 heavy (non-hydrogen) atoms. The van der Waals surface area contributed by atoms with Crippen molar-refractivity contribution in [1.29, 1.82) is 0 Å². The normalized spacial score (nSPS) is 16.1. The average Bonchev–Trinajstić information content (AvgIpc) is 2.51. The average molecular weight is 297 g/mol. The standard InChI is InChI=1S/C14H23N3O2S/c1-3-6-15-12-9-13(17-14(16-12)20-2)19-10-11-4-7-18-8-5-11/h9,11H,3-8,10H2,1-2H3,(H,15,16,17). The highest BCUT2D eigenvalue weighted by atomic mass is 32.2. The van der Waals surface area contributed by atoms with Gasteiger partial charge >= 0.3 is 0 Å². The van der Waals surface area contributed by atoms with Gasteiger partial charge in [-0.25, -0.2) is 4.98 Å². The van der Waals surface area contributed by atoms with Gasteiger partial charge in [0.15, 0.2) is 5.16 Å². The highest BCUT2D eigenvalue weighted by molar-refractivity contribution is 7.98. The quantitative estimate of drug-likeness (QED) is 0.617. The van der Waals surface area contributed by atoms with E-state index in [9.17, 15) is 0 Å². The van der Waals surface area contributed by atoms with Gasteiger partial charge in [-0.2, -0.15) is 4.98 Å². The smallest absolute Gasteiger partial charge is 0.219 e. The van der Waals surface area contributed by atoms with E-state index >= 15 is 0 Å². The number of thioether (sulfide) groups is 1. The summed E-state index contributed by atoms with van der Waals surface area (Å²) in [6, 6.07) is 1.88. The number of nitrogens with one attached hydrogen (secondary N) is 1. The Kier molecular flexibility index (Phi) is 6.39. The highest BCUT2D eigenvalue weighted by Crippen LogP contribution is 2.21. The Labute approximate surface area is 124 Å². The minimum absolute atomic E-state index is 0.573. The van der Waals surface area contributed by atoms with Gasteiger partial charge in [0.1, 0.15) is 5.82 Å². The maximum Gasteiger partial charge on any atom is 0.219 e. The van der Waals surface area contributed by atoms with Crippen molar-refractivity contribution in [2.75, 3.05) is 37.9 Å². The molecule has 6 heteroatoms. The van der Waals surface area contributed by atoms with Crippen LogP contribution in [0.25, 0.3) is 0 Å². The van der Waals surface area contributed by atoms with Crippen molar-refractivity contribution in [2.45, 2.75) is 31.3 Å². The number of anilines is 1. The van der Waals surface area contributed by atoms with Crippen LogP contribution in [0, 0.1) is 5.92 Å². The topological polar surface area (TPSA) is 56.3 Å². The van der Waals surface area contributed by atoms with Gasteiger partial charge in [0, 0.05) is 25.8 Å². The molecule has 1 aromatic heterocycles. The predicted octanol–water partition coefficient (Wildman–Crippen LogP) is 2.83. The van der Waals surface area contributed by atoms with Crippen LogP contribution >= 0.6 is 11.8 Å². The number of hydrogen-bond acceptors (Lipinski definition) is 6. The Morgan fingerprint density at radius 1 is 1.40 bits per heavy atom. The molecule has 0 spiro atoms. The first kappa shape index (κ1) is 15.4. The van der Waals surface area contributed by atoms with E-state index < -0.39 is 0 Å². The second-order valence-electron chi connectivity index (χ2n) is 4.87. The first-order valence-corrected chi connectivity index (χ1v) is 8.41. The van der Waals surface area contributed by atoms with Crippen molar-refractivity contribution in [1.82, 2.24) is 9.97 Å². The van der Waals surface area contributed by atoms with Crippen LogP contribution in [0.2, 0.25) is 0 Å². The van der Waals surface area contributed by atoms with Gasteiger partial charge < -0.3 is 14.8 Å². The summed E-state index contributed by atoms with van der Waals surface area (Å²) in [6.07, 6.45) is 5.18. The molecule has 5 nitrogen and oxygen atoms in total. The lowest BCUT2D eigenvalue weighted by molar-refractivity contribution is 0.0489. The lowest BCUT2D eigenvalue weighted by Crippen LogP contribution is -2.21. The van der Waals surface area contributed by atoms with Crippen molar-refractivity contribution in [3.05, 3.63) is 6.07 Å². The third kappa shape index (κ3) is 4.83. The molecule has 0 amide bonds. The molecule has 2 rings (SSSR count). The van der Waals surface area contributed by atoms with Crippen molar-refractivity contribution < 1.29 is 9.47 Å². The Morgan fingerprint density at radius 3 is 2.90 bits per heavy atom. The minimum atomic E-state index is 0.573. The fourth-order valence-electron chi connectivity index (χ4n) is 2.03. The van der Waals surface area contributed by atoms with Crippen LogP contribution in [-0.4, -0.2) is 42.6 Å². The molecule has 1 N–H and O–H groups in total. The summed E-state index contributed by atoms with van der Waals surface area (Å²) in [4.78, 5) is 8.83. The second kappa shape index (κ2) is 8.32. The molecule has 0 bridgehead atoms. The van der Waals surface area contributed by atoms with E-state index in [1.165, 1.54) is 11.8 Å². The fourth-order valence-corrected chi connectivity index (χ4v) is 2.40. The van der Waals surface area contributed by atoms with Crippen molar-refractivity contribution in [3.8, 4) is 5.88 Å². The van der Waals surface area contributed by atoms with Crippen LogP contribution in [0.5, 0.6) is 5.88 Å². The summed E-state index contributed by atoms with van der Waals surface area (Å²) >= 11 is 1.53. The third-order valence-corrected chi connectivity index (χ3v) is 3.78. The predicted molar refractivity (Wildman–Crippen MR) is 81.6 cm³/mol. The zero-order chi connectivity index (χ0) is 14.2. The molecule has 112 valence electrons. The number of aromatic nitrogens is 2. The molecule has 0 atom stereocenters. The van der Waals surface area contributed by atoms with Gasteiger partial charge in [-0.05, 0) is 31.4 Å². The Hall–Kier alpha value is -1.01. The van der Waals surface area contributed by atoms with Crippen LogP contribution in [0.1, 0.15) is 26.2 Å². The lowest BCUT2D eigenvalue weighted by Gasteiger charge is -2.21. The monoisotopic (exact) mass is 297 g/mol. The van der Waals surface area contributed by atoms with Crippen LogP contribution in [-0.2, 0) is 4.74 Å². The van der Waals surface area contributed by atoms with E-state index in [1.807, 2.05) is 12.3 Å². The van der Waals surface area contributed by atoms with Crippen LogP contribution in [0.15, 0.2) is 11.2 Å². The summed E-state index contributed by atoms with van der Waals surface area (Å²) in [6.45, 7) is 5.44. The Bertz CT molecular complexity index is 411. The van der Waals surface area contributed by atoms with Gasteiger partial charge in [-0.3, -0.25) is 0 Å². The van der Waals surface area contributed by atoms with Gasteiger partial charge in [0.25, 0.3) is 0 Å². The summed E-state index contributed by atoms with van der Waals surface area (Å²) in [5.74, 6) is 2.08. The molecule has 0 aliphatic carbocycles. The lowest BCUT2D eigenvalue weighted by atomic mass is 10.0. The van der Waals surface area contributed by atoms with E-state index in [2.05, 4.69) is 22.2 Å². The van der Waals surface area contributed by atoms with E-state index in [0.717, 1.165) is 50.0 Å². The van der Waals surface area contributed by atoms with Crippen LogP contribution in [0.4, 0.5) is 5.82 Å². The molecular weight excluding hydrogens is 274 g/mol. The molecular formula is C14H23N3O2S. The van der Waals surface area contributed by atoms with Crippen molar-refractivity contribution in [2.24, 2.45) is 5.92 Å². The molecule has 0 saturated carbocycles. The van der Waals surface area contributed by atoms with E-state index in [0.29, 0.717) is 18.4 Å². The Morgan fingerprint density at radius 2 is 2.20 bits per heavy atom. The van der Waals surface area contributed by atoms with Gasteiger partial charge in [0.2, 0.25) is 5.88 Å². The van der Waals surface area contributed by atoms with Crippen LogP contribution in [0.3, 0.4) is 0 Å². The first-order valence-electron chi connectivity index (χ1n) is 7.19. The molecule has 0 aromatic carbocycles. The highest BCUT2D eigenvalue weighted by Gasteiger charge is 2.15. The molecule has 2 heterocycles. The molecule has 1 saturated heterocycles. The molecule has 0 radical (unpaired) electrons. The van der Waals surface area contributed by atoms with E-state index in [4.69, 9.17) is 9.47 Å². The van der Waals surface area contributed by atoms with Gasteiger partial charge in [-0.1, -0.05) is 18.7 Å². The third-order valence-electron chi connectivity index (χ3n) is 3.23. The number of nitrogens with zero attached hydrogens (tertiary/aromatic N) is 2. The van der Waals surface area contributed by atoms with Crippen LogP contribution < -0.4 is 10.1 Å². The van der Waals surface area contributed by atoms with Gasteiger partial charge in [-0.15, -0.1) is 0 Å². The maximum absolute atomic E-state index is 5.85. The zero-order valence-corrected chi connectivity index (χ0v) is 13.0. The number of ether oxygens (including phenoxy) is 2. The molecule has 1 aliphatic heterocycles. The number of rotatable bonds is 7. The zero-order valence-electron chi connectivity index (χ0n) is 12.2. The second-order valence-corrected chi connectivity index (χ2v) is 5.65. The van der Waals surface area contributed by atoms with Crippen molar-refractivity contribution >= 4 is 17.6 Å². The molecule has 1 aliphatic rings. The molecule has 1 aromatic rings. The molecule has 1 fully saturated rings. The first-order chi connectivity index (χ1) is 9.81. The largest absolute Gasteiger partial charge is 0.477 e. The summed E-state index contributed by atoms with van der Waals surface area (Å²) in [5, 5.41) is 4.03. The summed E-state index contributed by atoms with van der Waals surface area (Å²) < 4.78 is 11.2. The van der Waals surface area contributed by atoms with E-state index in [-0.39, 0.29) is 0 Å². The van der Waals surface area contributed by atoms with Crippen molar-refractivity contribution in [3.63, 3.8) is 0 Å². The Balaban J connectivity index is 1.94. The number of hydrogen-bond donors (Lipinski definition) is 1. The SMILES string of the molecule is CCCNc1cc(OCC2CCOCC2)nc(SC)n1. The molecule has 0 unspecified atom stereocenters.